The summed E-state index contributed by atoms with van der Waals surface area (Å²) in [6.45, 7) is 0.552. The zero-order chi connectivity index (χ0) is 19.2. The van der Waals surface area contributed by atoms with Gasteiger partial charge >= 0.3 is 0 Å². The minimum Gasteiger partial charge on any atom is -0.310 e. The predicted octanol–water partition coefficient (Wildman–Crippen LogP) is 2.72. The summed E-state index contributed by atoms with van der Waals surface area (Å²) in [6, 6.07) is 8.21. The quantitative estimate of drug-likeness (QED) is 0.634. The van der Waals surface area contributed by atoms with Crippen LogP contribution in [0, 0.1) is 5.82 Å². The Hall–Kier alpha value is -1.84. The molecule has 140 valence electrons. The molecule has 0 aliphatic heterocycles. The van der Waals surface area contributed by atoms with E-state index in [0.717, 1.165) is 16.6 Å². The molecule has 0 radical (unpaired) electrons. The first-order chi connectivity index (χ1) is 12.3. The molecule has 0 saturated carbocycles. The van der Waals surface area contributed by atoms with E-state index in [0.29, 0.717) is 18.8 Å². The first-order valence-corrected chi connectivity index (χ1v) is 10.3. The number of benzene rings is 1. The van der Waals surface area contributed by atoms with Gasteiger partial charge in [0.2, 0.25) is 5.91 Å². The lowest BCUT2D eigenvalue weighted by molar-refractivity contribution is -0.117. The van der Waals surface area contributed by atoms with E-state index in [1.165, 1.54) is 12.1 Å². The second-order valence-corrected chi connectivity index (χ2v) is 8.80. The molecule has 0 bridgehead atoms. The van der Waals surface area contributed by atoms with Crippen molar-refractivity contribution in [1.29, 1.82) is 0 Å². The predicted molar refractivity (Wildman–Crippen MR) is 101 cm³/mol. The van der Waals surface area contributed by atoms with Crippen molar-refractivity contribution >= 4 is 37.5 Å². The second kappa shape index (κ2) is 9.20. The fraction of sp³-hybridized carbons (Fsp3) is 0.294. The third-order valence-electron chi connectivity index (χ3n) is 3.53. The Morgan fingerprint density at radius 1 is 1.23 bits per heavy atom. The third-order valence-corrected chi connectivity index (χ3v) is 5.82. The molecule has 0 unspecified atom stereocenters. The molecular formula is C17H19BrFN3O3S. The van der Waals surface area contributed by atoms with E-state index in [-0.39, 0.29) is 23.1 Å². The number of likely N-dealkylation sites (N-methyl/N-ethyl adjacent to an activating group) is 1. The Labute approximate surface area is 160 Å². The van der Waals surface area contributed by atoms with E-state index >= 15 is 0 Å². The normalized spacial score (nSPS) is 11.5. The number of sulfone groups is 1. The number of hydrogen-bond donors (Lipinski definition) is 1. The Balaban J connectivity index is 1.77. The van der Waals surface area contributed by atoms with Gasteiger partial charge in [-0.3, -0.25) is 9.69 Å². The van der Waals surface area contributed by atoms with E-state index in [1.54, 1.807) is 30.3 Å². The van der Waals surface area contributed by atoms with E-state index in [4.69, 9.17) is 0 Å². The second-order valence-electron chi connectivity index (χ2n) is 5.77. The fourth-order valence-electron chi connectivity index (χ4n) is 2.24. The van der Waals surface area contributed by atoms with Crippen LogP contribution in [0.2, 0.25) is 0 Å². The summed E-state index contributed by atoms with van der Waals surface area (Å²) in [7, 11) is -1.73. The maximum atomic E-state index is 12.9. The van der Waals surface area contributed by atoms with Gasteiger partial charge in [0.05, 0.1) is 17.2 Å². The van der Waals surface area contributed by atoms with Crippen LogP contribution in [0.3, 0.4) is 0 Å². The molecule has 9 heteroatoms. The van der Waals surface area contributed by atoms with Crippen LogP contribution < -0.4 is 5.32 Å². The molecule has 0 saturated heterocycles. The van der Waals surface area contributed by atoms with Gasteiger partial charge < -0.3 is 5.32 Å². The molecule has 6 nitrogen and oxygen atoms in total. The monoisotopic (exact) mass is 443 g/mol. The molecule has 0 aliphatic rings. The van der Waals surface area contributed by atoms with Crippen molar-refractivity contribution in [3.63, 3.8) is 0 Å². The van der Waals surface area contributed by atoms with Gasteiger partial charge in [-0.1, -0.05) is 0 Å². The van der Waals surface area contributed by atoms with Crippen molar-refractivity contribution in [2.75, 3.05) is 31.2 Å². The number of hydrogen-bond acceptors (Lipinski definition) is 5. The fourth-order valence-corrected chi connectivity index (χ4v) is 3.77. The highest BCUT2D eigenvalue weighted by molar-refractivity contribution is 9.10. The minimum absolute atomic E-state index is 0.0706. The van der Waals surface area contributed by atoms with Crippen LogP contribution >= 0.6 is 15.9 Å². The first kappa shape index (κ1) is 20.5. The van der Waals surface area contributed by atoms with Gasteiger partial charge in [0, 0.05) is 10.7 Å². The van der Waals surface area contributed by atoms with Gasteiger partial charge in [0.15, 0.2) is 9.84 Å². The molecule has 1 aromatic carbocycles. The molecular weight excluding hydrogens is 425 g/mol. The molecule has 0 spiro atoms. The molecule has 0 fully saturated rings. The van der Waals surface area contributed by atoms with E-state index in [1.807, 2.05) is 0 Å². The summed E-state index contributed by atoms with van der Waals surface area (Å²) in [5.41, 5.74) is 0. The molecule has 0 aliphatic carbocycles. The summed E-state index contributed by atoms with van der Waals surface area (Å²) in [5.74, 6) is -0.331. The van der Waals surface area contributed by atoms with Gasteiger partial charge in [-0.05, 0) is 72.3 Å². The van der Waals surface area contributed by atoms with Gasteiger partial charge in [0.25, 0.3) is 0 Å². The number of carbonyl (C=O) groups excluding carboxylic acids is 1. The molecule has 1 amide bonds. The Kier molecular flexibility index (Phi) is 7.24. The number of amides is 1. The number of carbonyl (C=O) groups is 1. The lowest BCUT2D eigenvalue weighted by Crippen LogP contribution is -2.31. The molecule has 1 N–H and O–H groups in total. The van der Waals surface area contributed by atoms with E-state index in [9.17, 15) is 17.6 Å². The van der Waals surface area contributed by atoms with Crippen molar-refractivity contribution in [3.05, 3.63) is 52.9 Å². The van der Waals surface area contributed by atoms with Crippen molar-refractivity contribution < 1.29 is 17.6 Å². The summed E-state index contributed by atoms with van der Waals surface area (Å²) >= 11 is 3.27. The number of halogens is 2. The SMILES string of the molecule is CN(CCCS(=O)(=O)c1ccc(F)cc1)CC(=O)Nc1ccc(Br)cn1. The van der Waals surface area contributed by atoms with Crippen molar-refractivity contribution in [2.45, 2.75) is 11.3 Å². The standard InChI is InChI=1S/C17H19BrFN3O3S/c1-22(12-17(23)21-16-8-3-13(18)11-20-16)9-2-10-26(24,25)15-6-4-14(19)5-7-15/h3-8,11H,2,9-10,12H2,1H3,(H,20,21,23). The molecule has 26 heavy (non-hydrogen) atoms. The van der Waals surface area contributed by atoms with Crippen LogP contribution in [-0.4, -0.2) is 50.1 Å². The zero-order valence-corrected chi connectivity index (χ0v) is 16.6. The topological polar surface area (TPSA) is 79.4 Å². The third kappa shape index (κ3) is 6.47. The summed E-state index contributed by atoms with van der Waals surface area (Å²) in [4.78, 5) is 17.8. The van der Waals surface area contributed by atoms with E-state index < -0.39 is 15.7 Å². The Morgan fingerprint density at radius 2 is 1.92 bits per heavy atom. The highest BCUT2D eigenvalue weighted by atomic mass is 79.9. The number of anilines is 1. The molecule has 1 aromatic heterocycles. The highest BCUT2D eigenvalue weighted by Crippen LogP contribution is 2.13. The van der Waals surface area contributed by atoms with Crippen molar-refractivity contribution in [2.24, 2.45) is 0 Å². The Morgan fingerprint density at radius 3 is 2.54 bits per heavy atom. The van der Waals surface area contributed by atoms with Crippen molar-refractivity contribution in [3.8, 4) is 0 Å². The number of aromatic nitrogens is 1. The van der Waals surface area contributed by atoms with Gasteiger partial charge in [0.1, 0.15) is 11.6 Å². The maximum absolute atomic E-state index is 12.9. The lowest BCUT2D eigenvalue weighted by Gasteiger charge is -2.16. The summed E-state index contributed by atoms with van der Waals surface area (Å²) < 4.78 is 38.1. The molecule has 2 aromatic rings. The van der Waals surface area contributed by atoms with Gasteiger partial charge in [-0.2, -0.15) is 0 Å². The van der Waals surface area contributed by atoms with Crippen LogP contribution in [-0.2, 0) is 14.6 Å². The highest BCUT2D eigenvalue weighted by Gasteiger charge is 2.15. The molecule has 1 heterocycles. The van der Waals surface area contributed by atoms with Crippen LogP contribution in [0.5, 0.6) is 0 Å². The van der Waals surface area contributed by atoms with Gasteiger partial charge in [-0.15, -0.1) is 0 Å². The largest absolute Gasteiger partial charge is 0.310 e. The summed E-state index contributed by atoms with van der Waals surface area (Å²) in [5, 5.41) is 2.67. The smallest absolute Gasteiger partial charge is 0.239 e. The summed E-state index contributed by atoms with van der Waals surface area (Å²) in [6.07, 6.45) is 1.94. The van der Waals surface area contributed by atoms with Crippen LogP contribution in [0.4, 0.5) is 10.2 Å². The number of nitrogens with one attached hydrogen (secondary N) is 1. The number of rotatable bonds is 8. The zero-order valence-electron chi connectivity index (χ0n) is 14.2. The van der Waals surface area contributed by atoms with Crippen LogP contribution in [0.15, 0.2) is 52.0 Å². The van der Waals surface area contributed by atoms with Crippen LogP contribution in [0.25, 0.3) is 0 Å². The minimum atomic E-state index is -3.46. The number of pyridine rings is 1. The average molecular weight is 444 g/mol. The first-order valence-electron chi connectivity index (χ1n) is 7.84. The van der Waals surface area contributed by atoms with E-state index in [2.05, 4.69) is 26.2 Å². The van der Waals surface area contributed by atoms with Crippen LogP contribution in [0.1, 0.15) is 6.42 Å². The van der Waals surface area contributed by atoms with Crippen molar-refractivity contribution in [1.82, 2.24) is 9.88 Å². The Bertz CT molecular complexity index is 843. The lowest BCUT2D eigenvalue weighted by atomic mass is 10.3. The average Bonchev–Trinajstić information content (AvgIpc) is 2.57. The number of nitrogens with zero attached hydrogens (tertiary/aromatic N) is 2. The maximum Gasteiger partial charge on any atom is 0.239 e. The molecule has 2 rings (SSSR count). The molecule has 0 atom stereocenters. The van der Waals surface area contributed by atoms with Gasteiger partial charge in [-0.25, -0.2) is 17.8 Å².